The fourth-order valence-electron chi connectivity index (χ4n) is 1.69. The van der Waals surface area contributed by atoms with Gasteiger partial charge >= 0.3 is 0 Å². The number of aryl methyl sites for hydroxylation is 1. The smallest absolute Gasteiger partial charge is 0.245 e. The van der Waals surface area contributed by atoms with Gasteiger partial charge in [0.1, 0.15) is 10.7 Å². The number of halogens is 1. The molecule has 20 heavy (non-hydrogen) atoms. The minimum atomic E-state index is -3.96. The quantitative estimate of drug-likeness (QED) is 0.822. The Labute approximate surface area is 120 Å². The second kappa shape index (κ2) is 5.86. The second-order valence-electron chi connectivity index (χ2n) is 4.19. The Morgan fingerprint density at radius 2 is 2.20 bits per heavy atom. The summed E-state index contributed by atoms with van der Waals surface area (Å²) in [5.74, 6) is -0.859. The molecule has 0 radical (unpaired) electrons. The Morgan fingerprint density at radius 1 is 1.45 bits per heavy atom. The Kier molecular flexibility index (Phi) is 4.36. The number of thiazole rings is 1. The molecule has 0 aliphatic carbocycles. The fraction of sp³-hybridized carbons (Fsp3) is 0.250. The molecule has 0 saturated carbocycles. The summed E-state index contributed by atoms with van der Waals surface area (Å²) in [6, 6.07) is 3.78. The molecule has 1 aromatic carbocycles. The highest BCUT2D eigenvalue weighted by Crippen LogP contribution is 2.21. The summed E-state index contributed by atoms with van der Waals surface area (Å²) in [5.41, 5.74) is 6.31. The van der Waals surface area contributed by atoms with Gasteiger partial charge in [-0.1, -0.05) is 6.07 Å². The zero-order chi connectivity index (χ0) is 14.8. The molecule has 8 heteroatoms. The van der Waals surface area contributed by atoms with Crippen LogP contribution in [0, 0.1) is 12.7 Å². The van der Waals surface area contributed by atoms with E-state index in [1.807, 2.05) is 12.3 Å². The standard InChI is InChI=1S/C12H14FN3O2S2/c1-8-7-19-11(16-8)5-6-15-20(17,18)12-9(13)3-2-4-10(12)14/h2-4,7,15H,5-6,14H2,1H3. The van der Waals surface area contributed by atoms with E-state index in [0.29, 0.717) is 6.42 Å². The lowest BCUT2D eigenvalue weighted by Gasteiger charge is -2.09. The highest BCUT2D eigenvalue weighted by atomic mass is 32.2. The lowest BCUT2D eigenvalue weighted by atomic mass is 10.3. The highest BCUT2D eigenvalue weighted by molar-refractivity contribution is 7.89. The maximum Gasteiger partial charge on any atom is 0.245 e. The number of nitrogens with zero attached hydrogens (tertiary/aromatic N) is 1. The van der Waals surface area contributed by atoms with Gasteiger partial charge in [0.15, 0.2) is 0 Å². The van der Waals surface area contributed by atoms with Crippen LogP contribution >= 0.6 is 11.3 Å². The number of benzene rings is 1. The molecule has 0 bridgehead atoms. The number of hydrogen-bond acceptors (Lipinski definition) is 5. The molecule has 0 aliphatic heterocycles. The van der Waals surface area contributed by atoms with Gasteiger partial charge in [-0.15, -0.1) is 11.3 Å². The Morgan fingerprint density at radius 3 is 2.80 bits per heavy atom. The first kappa shape index (κ1) is 14.9. The van der Waals surface area contributed by atoms with Crippen LogP contribution in [-0.2, 0) is 16.4 Å². The maximum atomic E-state index is 13.6. The van der Waals surface area contributed by atoms with Crippen molar-refractivity contribution in [3.05, 3.63) is 40.1 Å². The first-order chi connectivity index (χ1) is 9.40. The molecular formula is C12H14FN3O2S2. The third-order valence-electron chi connectivity index (χ3n) is 2.56. The van der Waals surface area contributed by atoms with E-state index in [4.69, 9.17) is 5.73 Å². The molecular weight excluding hydrogens is 301 g/mol. The Balaban J connectivity index is 2.08. The first-order valence-electron chi connectivity index (χ1n) is 5.85. The van der Waals surface area contributed by atoms with Crippen LogP contribution in [0.3, 0.4) is 0 Å². The molecule has 1 aromatic heterocycles. The average Bonchev–Trinajstić information content (AvgIpc) is 2.74. The Bertz CT molecular complexity index is 693. The van der Waals surface area contributed by atoms with Gasteiger partial charge in [0.05, 0.1) is 10.7 Å². The van der Waals surface area contributed by atoms with Gasteiger partial charge in [0.2, 0.25) is 10.0 Å². The second-order valence-corrected chi connectivity index (χ2v) is 6.84. The number of nitrogens with one attached hydrogen (secondary N) is 1. The van der Waals surface area contributed by atoms with Gasteiger partial charge in [-0.05, 0) is 19.1 Å². The molecule has 2 aromatic rings. The number of nitrogens with two attached hydrogens (primary N) is 1. The van der Waals surface area contributed by atoms with Crippen LogP contribution in [0.5, 0.6) is 0 Å². The minimum absolute atomic E-state index is 0.109. The summed E-state index contributed by atoms with van der Waals surface area (Å²) in [6.45, 7) is 2.01. The number of hydrogen-bond donors (Lipinski definition) is 2. The predicted molar refractivity (Wildman–Crippen MR) is 76.6 cm³/mol. The molecule has 1 heterocycles. The van der Waals surface area contributed by atoms with Gasteiger partial charge in [0.25, 0.3) is 0 Å². The maximum absolute atomic E-state index is 13.6. The van der Waals surface area contributed by atoms with Crippen molar-refractivity contribution in [1.29, 1.82) is 0 Å². The molecule has 0 unspecified atom stereocenters. The van der Waals surface area contributed by atoms with Crippen molar-refractivity contribution in [1.82, 2.24) is 9.71 Å². The number of aromatic nitrogens is 1. The van der Waals surface area contributed by atoms with Gasteiger partial charge in [-0.3, -0.25) is 0 Å². The van der Waals surface area contributed by atoms with E-state index >= 15 is 0 Å². The van der Waals surface area contributed by atoms with E-state index in [1.165, 1.54) is 23.5 Å². The molecule has 5 nitrogen and oxygen atoms in total. The topological polar surface area (TPSA) is 85.1 Å². The van der Waals surface area contributed by atoms with Gasteiger partial charge in [-0.25, -0.2) is 22.5 Å². The van der Waals surface area contributed by atoms with Crippen LogP contribution in [0.25, 0.3) is 0 Å². The van der Waals surface area contributed by atoms with Crippen molar-refractivity contribution in [2.45, 2.75) is 18.2 Å². The van der Waals surface area contributed by atoms with Crippen LogP contribution in [-0.4, -0.2) is 19.9 Å². The number of sulfonamides is 1. The molecule has 0 fully saturated rings. The van der Waals surface area contributed by atoms with Crippen LogP contribution in [0.2, 0.25) is 0 Å². The summed E-state index contributed by atoms with van der Waals surface area (Å²) in [5, 5.41) is 2.71. The molecule has 0 amide bonds. The molecule has 0 aliphatic rings. The van der Waals surface area contributed by atoms with Gasteiger partial charge < -0.3 is 5.73 Å². The Hall–Kier alpha value is -1.51. The fourth-order valence-corrected chi connectivity index (χ4v) is 3.69. The van der Waals surface area contributed by atoms with E-state index in [1.54, 1.807) is 0 Å². The van der Waals surface area contributed by atoms with E-state index in [-0.39, 0.29) is 12.2 Å². The summed E-state index contributed by atoms with van der Waals surface area (Å²) < 4.78 is 40.0. The van der Waals surface area contributed by atoms with Crippen LogP contribution in [0.1, 0.15) is 10.7 Å². The van der Waals surface area contributed by atoms with E-state index < -0.39 is 20.7 Å². The summed E-state index contributed by atoms with van der Waals surface area (Å²) in [6.07, 6.45) is 0.450. The predicted octanol–water partition coefficient (Wildman–Crippen LogP) is 1.69. The SMILES string of the molecule is Cc1csc(CCNS(=O)(=O)c2c(N)cccc2F)n1. The van der Waals surface area contributed by atoms with Crippen molar-refractivity contribution in [3.63, 3.8) is 0 Å². The lowest BCUT2D eigenvalue weighted by Crippen LogP contribution is -2.27. The molecule has 108 valence electrons. The lowest BCUT2D eigenvalue weighted by molar-refractivity contribution is 0.558. The zero-order valence-corrected chi connectivity index (χ0v) is 12.4. The average molecular weight is 315 g/mol. The highest BCUT2D eigenvalue weighted by Gasteiger charge is 2.21. The van der Waals surface area contributed by atoms with Crippen molar-refractivity contribution < 1.29 is 12.8 Å². The third kappa shape index (κ3) is 3.33. The van der Waals surface area contributed by atoms with Gasteiger partial charge in [-0.2, -0.15) is 0 Å². The molecule has 3 N–H and O–H groups in total. The molecule has 0 atom stereocenters. The third-order valence-corrected chi connectivity index (χ3v) is 5.14. The summed E-state index contributed by atoms with van der Waals surface area (Å²) in [7, 11) is -3.96. The zero-order valence-electron chi connectivity index (χ0n) is 10.8. The summed E-state index contributed by atoms with van der Waals surface area (Å²) >= 11 is 1.46. The first-order valence-corrected chi connectivity index (χ1v) is 8.21. The van der Waals surface area contributed by atoms with E-state index in [0.717, 1.165) is 16.8 Å². The van der Waals surface area contributed by atoms with Crippen molar-refractivity contribution >= 4 is 27.0 Å². The van der Waals surface area contributed by atoms with Crippen LogP contribution < -0.4 is 10.5 Å². The number of nitrogen functional groups attached to an aromatic ring is 1. The van der Waals surface area contributed by atoms with E-state index in [9.17, 15) is 12.8 Å². The minimum Gasteiger partial charge on any atom is -0.398 e. The van der Waals surface area contributed by atoms with Crippen LogP contribution in [0.15, 0.2) is 28.5 Å². The molecule has 0 saturated heterocycles. The number of rotatable bonds is 5. The van der Waals surface area contributed by atoms with E-state index in [2.05, 4.69) is 9.71 Å². The normalized spacial score (nSPS) is 11.7. The van der Waals surface area contributed by atoms with Gasteiger partial charge in [0, 0.05) is 24.0 Å². The molecule has 2 rings (SSSR count). The van der Waals surface area contributed by atoms with Crippen LogP contribution in [0.4, 0.5) is 10.1 Å². The largest absolute Gasteiger partial charge is 0.398 e. The summed E-state index contributed by atoms with van der Waals surface area (Å²) in [4.78, 5) is 3.72. The number of anilines is 1. The van der Waals surface area contributed by atoms with Crippen molar-refractivity contribution in [2.75, 3.05) is 12.3 Å². The molecule has 0 spiro atoms. The monoisotopic (exact) mass is 315 g/mol. The van der Waals surface area contributed by atoms with Crippen molar-refractivity contribution in [3.8, 4) is 0 Å². The van der Waals surface area contributed by atoms with Crippen molar-refractivity contribution in [2.24, 2.45) is 0 Å².